The molecule has 13 heteroatoms. The number of carbonyl (C=O) groups is 3. The molecule has 6 unspecified atom stereocenters. The summed E-state index contributed by atoms with van der Waals surface area (Å²) in [5.74, 6) is -5.89. The topological polar surface area (TPSA) is 91.0 Å². The largest absolute Gasteiger partial charge is 0.393 e. The molecule has 39 heavy (non-hydrogen) atoms. The first-order valence-corrected chi connectivity index (χ1v) is 14.8. The lowest BCUT2D eigenvalue weighted by atomic mass is 9.74. The predicted octanol–water partition coefficient (Wildman–Crippen LogP) is 2.67. The van der Waals surface area contributed by atoms with E-state index >= 15 is 0 Å². The summed E-state index contributed by atoms with van der Waals surface area (Å²) in [7, 11) is 0. The van der Waals surface area contributed by atoms with Crippen LogP contribution in [0.3, 0.4) is 0 Å². The summed E-state index contributed by atoms with van der Waals surface area (Å²) in [4.78, 5) is 41.7. The fourth-order valence-corrected chi connectivity index (χ4v) is 7.99. The highest BCUT2D eigenvalue weighted by molar-refractivity contribution is 9.09. The van der Waals surface area contributed by atoms with Crippen molar-refractivity contribution >= 4 is 33.7 Å². The van der Waals surface area contributed by atoms with E-state index in [9.17, 15) is 31.9 Å². The SMILES string of the molecule is O=C1NC2CCCCC2C(C(=O)N[C@@H]2CCN(C3C(C(=O)N4CCOCC4)CC(Br)CC3C(F)(F)F)C2)=C1F. The zero-order valence-electron chi connectivity index (χ0n) is 21.7. The lowest BCUT2D eigenvalue weighted by molar-refractivity contribution is -0.205. The number of ether oxygens (including phenoxy) is 1. The average molecular weight is 623 g/mol. The molecule has 8 nitrogen and oxygen atoms in total. The third-order valence-electron chi connectivity index (χ3n) is 9.01. The molecule has 3 heterocycles. The maximum atomic E-state index is 14.9. The Morgan fingerprint density at radius 3 is 2.49 bits per heavy atom. The summed E-state index contributed by atoms with van der Waals surface area (Å²) in [6.45, 7) is 1.80. The van der Waals surface area contributed by atoms with Crippen LogP contribution in [0.5, 0.6) is 0 Å². The second kappa shape index (κ2) is 11.6. The summed E-state index contributed by atoms with van der Waals surface area (Å²) < 4.78 is 63.2. The van der Waals surface area contributed by atoms with Crippen molar-refractivity contribution in [3.8, 4) is 0 Å². The molecule has 3 amide bonds. The van der Waals surface area contributed by atoms with Gasteiger partial charge in [0.2, 0.25) is 5.91 Å². The molecule has 2 aliphatic carbocycles. The number of alkyl halides is 4. The molecular weight excluding hydrogens is 588 g/mol. The van der Waals surface area contributed by atoms with Gasteiger partial charge in [0, 0.05) is 55.0 Å². The second-order valence-electron chi connectivity index (χ2n) is 11.4. The molecule has 0 aromatic rings. The second-order valence-corrected chi connectivity index (χ2v) is 12.7. The van der Waals surface area contributed by atoms with Crippen molar-refractivity contribution in [3.05, 3.63) is 11.4 Å². The molecule has 0 radical (unpaired) electrons. The first-order valence-electron chi connectivity index (χ1n) is 13.9. The predicted molar refractivity (Wildman–Crippen MR) is 136 cm³/mol. The average Bonchev–Trinajstić information content (AvgIpc) is 3.36. The Hall–Kier alpha value is -1.73. The minimum atomic E-state index is -4.50. The summed E-state index contributed by atoms with van der Waals surface area (Å²) in [5.41, 5.74) is -0.143. The Morgan fingerprint density at radius 1 is 1.05 bits per heavy atom. The third kappa shape index (κ3) is 6.00. The van der Waals surface area contributed by atoms with Crippen LogP contribution in [-0.2, 0) is 19.1 Å². The monoisotopic (exact) mass is 622 g/mol. The number of nitrogens with zero attached hydrogens (tertiary/aromatic N) is 2. The molecule has 5 rings (SSSR count). The van der Waals surface area contributed by atoms with E-state index in [1.165, 1.54) is 0 Å². The van der Waals surface area contributed by atoms with Crippen LogP contribution in [-0.4, -0.2) is 96.0 Å². The van der Waals surface area contributed by atoms with Crippen molar-refractivity contribution in [1.29, 1.82) is 0 Å². The zero-order valence-corrected chi connectivity index (χ0v) is 23.2. The molecule has 0 spiro atoms. The molecule has 7 atom stereocenters. The maximum absolute atomic E-state index is 14.9. The molecule has 2 saturated heterocycles. The lowest BCUT2D eigenvalue weighted by Crippen LogP contribution is -2.59. The molecule has 5 aliphatic rings. The highest BCUT2D eigenvalue weighted by Gasteiger charge is 2.56. The number of nitrogens with one attached hydrogen (secondary N) is 2. The van der Waals surface area contributed by atoms with Gasteiger partial charge in [0.25, 0.3) is 11.8 Å². The normalized spacial score (nSPS) is 36.4. The number of carbonyl (C=O) groups excluding carboxylic acids is 3. The van der Waals surface area contributed by atoms with Gasteiger partial charge in [-0.1, -0.05) is 28.8 Å². The molecule has 218 valence electrons. The standard InChI is InChI=1S/C26H35BrF4N4O4/c27-14-11-17(25(38)34-7-9-39-10-8-34)22(18(12-14)26(29,30)31)35-6-5-15(13-35)32-23(36)20-16-3-1-2-4-19(16)33-24(37)21(20)28/h14-19,22H,1-13H2,(H,32,36)(H,33,37)/t14?,15-,16?,17?,18?,19?,22?/m1/s1. The number of halogens is 5. The summed E-state index contributed by atoms with van der Waals surface area (Å²) in [6, 6.07) is -1.86. The smallest absolute Gasteiger partial charge is 0.378 e. The molecule has 0 bridgehead atoms. The van der Waals surface area contributed by atoms with Crippen LogP contribution < -0.4 is 10.6 Å². The van der Waals surface area contributed by atoms with Crippen LogP contribution >= 0.6 is 15.9 Å². The summed E-state index contributed by atoms with van der Waals surface area (Å²) >= 11 is 3.37. The third-order valence-corrected chi connectivity index (χ3v) is 9.76. The highest BCUT2D eigenvalue weighted by atomic mass is 79.9. The van der Waals surface area contributed by atoms with Gasteiger partial charge in [0.1, 0.15) is 0 Å². The number of hydrogen-bond donors (Lipinski definition) is 2. The number of fused-ring (bicyclic) bond motifs is 1. The van der Waals surface area contributed by atoms with Gasteiger partial charge in [0.15, 0.2) is 5.83 Å². The van der Waals surface area contributed by atoms with Crippen LogP contribution in [0.2, 0.25) is 0 Å². The van der Waals surface area contributed by atoms with Crippen LogP contribution in [0, 0.1) is 17.8 Å². The Kier molecular flexibility index (Phi) is 8.59. The van der Waals surface area contributed by atoms with E-state index in [1.807, 2.05) is 0 Å². The highest BCUT2D eigenvalue weighted by Crippen LogP contribution is 2.46. The zero-order chi connectivity index (χ0) is 27.9. The lowest BCUT2D eigenvalue weighted by Gasteiger charge is -2.46. The van der Waals surface area contributed by atoms with Crippen molar-refractivity contribution in [2.75, 3.05) is 39.4 Å². The van der Waals surface area contributed by atoms with E-state index in [1.54, 1.807) is 9.80 Å². The molecule has 4 fully saturated rings. The number of rotatable bonds is 4. The Bertz CT molecular complexity index is 1000. The molecular formula is C26H35BrF4N4O4. The first kappa shape index (κ1) is 28.8. The van der Waals surface area contributed by atoms with Crippen molar-refractivity contribution in [2.24, 2.45) is 17.8 Å². The van der Waals surface area contributed by atoms with Crippen molar-refractivity contribution in [2.45, 2.75) is 74.1 Å². The van der Waals surface area contributed by atoms with Gasteiger partial charge >= 0.3 is 6.18 Å². The van der Waals surface area contributed by atoms with Gasteiger partial charge in [-0.2, -0.15) is 13.2 Å². The Balaban J connectivity index is 1.33. The summed E-state index contributed by atoms with van der Waals surface area (Å²) in [6.07, 6.45) is -0.998. The number of morpholine rings is 1. The van der Waals surface area contributed by atoms with Crippen LogP contribution in [0.15, 0.2) is 11.4 Å². The molecule has 0 aromatic heterocycles. The number of likely N-dealkylation sites (tertiary alicyclic amines) is 1. The fourth-order valence-electron chi connectivity index (χ4n) is 7.18. The van der Waals surface area contributed by atoms with E-state index in [2.05, 4.69) is 26.6 Å². The first-order chi connectivity index (χ1) is 18.5. The van der Waals surface area contributed by atoms with Gasteiger partial charge in [-0.15, -0.1) is 0 Å². The van der Waals surface area contributed by atoms with Gasteiger partial charge in [0.05, 0.1) is 30.6 Å². The Labute approximate surface area is 233 Å². The number of amides is 3. The van der Waals surface area contributed by atoms with Crippen molar-refractivity contribution in [3.63, 3.8) is 0 Å². The van der Waals surface area contributed by atoms with Crippen LogP contribution in [0.1, 0.15) is 44.9 Å². The quantitative estimate of drug-likeness (QED) is 0.372. The van der Waals surface area contributed by atoms with E-state index in [-0.39, 0.29) is 43.5 Å². The Morgan fingerprint density at radius 2 is 1.77 bits per heavy atom. The maximum Gasteiger partial charge on any atom is 0.393 e. The van der Waals surface area contributed by atoms with E-state index in [4.69, 9.17) is 4.74 Å². The van der Waals surface area contributed by atoms with Crippen molar-refractivity contribution < 1.29 is 36.7 Å². The minimum absolute atomic E-state index is 0.123. The van der Waals surface area contributed by atoms with Gasteiger partial charge in [-0.25, -0.2) is 4.39 Å². The van der Waals surface area contributed by atoms with Gasteiger partial charge < -0.3 is 20.3 Å². The molecule has 2 N–H and O–H groups in total. The van der Waals surface area contributed by atoms with Crippen LogP contribution in [0.4, 0.5) is 17.6 Å². The van der Waals surface area contributed by atoms with Crippen LogP contribution in [0.25, 0.3) is 0 Å². The van der Waals surface area contributed by atoms with Crippen molar-refractivity contribution in [1.82, 2.24) is 20.4 Å². The molecule has 0 aromatic carbocycles. The number of hydrogen-bond acceptors (Lipinski definition) is 5. The fraction of sp³-hybridized carbons (Fsp3) is 0.808. The molecule has 3 aliphatic heterocycles. The van der Waals surface area contributed by atoms with E-state index < -0.39 is 58.5 Å². The van der Waals surface area contributed by atoms with Gasteiger partial charge in [-0.3, -0.25) is 19.3 Å². The van der Waals surface area contributed by atoms with E-state index in [0.717, 1.165) is 12.8 Å². The minimum Gasteiger partial charge on any atom is -0.378 e. The van der Waals surface area contributed by atoms with E-state index in [0.29, 0.717) is 45.6 Å². The summed E-state index contributed by atoms with van der Waals surface area (Å²) in [5, 5.41) is 5.46. The molecule has 2 saturated carbocycles. The van der Waals surface area contributed by atoms with Gasteiger partial charge in [-0.05, 0) is 32.1 Å².